The molecule has 0 saturated carbocycles. The minimum absolute atomic E-state index is 0.0394. The third kappa shape index (κ3) is 11.0. The summed E-state index contributed by atoms with van der Waals surface area (Å²) in [5.41, 5.74) is 0.623. The fraction of sp³-hybridized carbons (Fsp3) is 0.391. The summed E-state index contributed by atoms with van der Waals surface area (Å²) in [6, 6.07) is 16.6. The van der Waals surface area contributed by atoms with Gasteiger partial charge in [0.2, 0.25) is 0 Å². The van der Waals surface area contributed by atoms with Crippen molar-refractivity contribution in [2.24, 2.45) is 11.3 Å². The molecule has 2 aromatic carbocycles. The third-order valence-corrected chi connectivity index (χ3v) is 4.08. The Bertz CT molecular complexity index is 661. The van der Waals surface area contributed by atoms with Gasteiger partial charge in [-0.25, -0.2) is 9.59 Å². The average Bonchev–Trinajstić information content (AvgIpc) is 2.62. The molecule has 2 aromatic rings. The number of carboxylic acids is 2. The molecule has 0 aliphatic carbocycles. The van der Waals surface area contributed by atoms with Crippen LogP contribution < -0.4 is 0 Å². The van der Waals surface area contributed by atoms with Crippen molar-refractivity contribution >= 4 is 11.9 Å². The van der Waals surface area contributed by atoms with Gasteiger partial charge in [0, 0.05) is 5.92 Å². The highest BCUT2D eigenvalue weighted by atomic mass is 16.4. The number of benzene rings is 2. The van der Waals surface area contributed by atoms with Gasteiger partial charge in [-0.2, -0.15) is 0 Å². The van der Waals surface area contributed by atoms with Gasteiger partial charge in [-0.3, -0.25) is 0 Å². The fourth-order valence-corrected chi connectivity index (χ4v) is 3.01. The van der Waals surface area contributed by atoms with E-state index in [0.717, 1.165) is 0 Å². The number of aromatic carboxylic acids is 2. The topological polar surface area (TPSA) is 115 Å². The molecule has 29 heavy (non-hydrogen) atoms. The summed E-state index contributed by atoms with van der Waals surface area (Å²) in [4.78, 5) is 20.4. The maximum Gasteiger partial charge on any atom is 0.335 e. The van der Waals surface area contributed by atoms with Gasteiger partial charge in [-0.1, -0.05) is 57.2 Å². The van der Waals surface area contributed by atoms with E-state index in [2.05, 4.69) is 0 Å². The van der Waals surface area contributed by atoms with Crippen molar-refractivity contribution in [3.63, 3.8) is 0 Å². The molecular weight excluding hydrogens is 372 g/mol. The average molecular weight is 405 g/mol. The Kier molecular flexibility index (Phi) is 11.5. The molecule has 0 aliphatic heterocycles. The second kappa shape index (κ2) is 12.7. The number of aliphatic hydroxyl groups is 2. The van der Waals surface area contributed by atoms with Crippen LogP contribution >= 0.6 is 0 Å². The Morgan fingerprint density at radius 3 is 1.07 bits per heavy atom. The molecule has 2 unspecified atom stereocenters. The molecule has 0 bridgehead atoms. The summed E-state index contributed by atoms with van der Waals surface area (Å²) in [7, 11) is 0. The molecule has 0 fully saturated rings. The molecule has 0 radical (unpaired) electrons. The standard InChI is InChI=1S/C9H20O2.2C7H6O2/c1-6(10)8(7(2)11)9(3,4)5;2*8-7(9)6-4-2-1-3-5-6/h6-8,10-11H,1-5H3;2*1-5H,(H,8,9). The number of hydrogen-bond donors (Lipinski definition) is 4. The van der Waals surface area contributed by atoms with Crippen LogP contribution in [-0.4, -0.2) is 44.6 Å². The highest BCUT2D eigenvalue weighted by Crippen LogP contribution is 2.31. The largest absolute Gasteiger partial charge is 0.478 e. The summed E-state index contributed by atoms with van der Waals surface area (Å²) in [5, 5.41) is 35.5. The molecule has 4 N–H and O–H groups in total. The molecule has 0 aromatic heterocycles. The predicted octanol–water partition coefficient (Wildman–Crippen LogP) is 4.18. The first-order valence-electron chi connectivity index (χ1n) is 9.30. The Morgan fingerprint density at radius 2 is 0.966 bits per heavy atom. The van der Waals surface area contributed by atoms with Crippen LogP contribution in [-0.2, 0) is 0 Å². The molecule has 6 nitrogen and oxygen atoms in total. The van der Waals surface area contributed by atoms with E-state index in [-0.39, 0.29) is 11.3 Å². The van der Waals surface area contributed by atoms with Crippen LogP contribution in [0.4, 0.5) is 0 Å². The lowest BCUT2D eigenvalue weighted by Crippen LogP contribution is -2.38. The zero-order valence-corrected chi connectivity index (χ0v) is 17.6. The van der Waals surface area contributed by atoms with Gasteiger partial charge >= 0.3 is 11.9 Å². The van der Waals surface area contributed by atoms with Crippen LogP contribution in [0.1, 0.15) is 55.3 Å². The van der Waals surface area contributed by atoms with Crippen LogP contribution in [0.15, 0.2) is 60.7 Å². The van der Waals surface area contributed by atoms with Crippen LogP contribution in [0.5, 0.6) is 0 Å². The Hall–Kier alpha value is -2.70. The van der Waals surface area contributed by atoms with Gasteiger partial charge in [-0.15, -0.1) is 0 Å². The highest BCUT2D eigenvalue weighted by molar-refractivity contribution is 5.87. The third-order valence-electron chi connectivity index (χ3n) is 4.08. The van der Waals surface area contributed by atoms with Crippen molar-refractivity contribution in [1.82, 2.24) is 0 Å². The van der Waals surface area contributed by atoms with Gasteiger partial charge in [-0.05, 0) is 43.5 Å². The molecular formula is C23H32O6. The Balaban J connectivity index is 0.000000408. The number of rotatable bonds is 4. The van der Waals surface area contributed by atoms with Gasteiger partial charge < -0.3 is 20.4 Å². The second-order valence-electron chi connectivity index (χ2n) is 7.72. The minimum atomic E-state index is -0.879. The van der Waals surface area contributed by atoms with Crippen LogP contribution in [0.25, 0.3) is 0 Å². The van der Waals surface area contributed by atoms with E-state index in [1.807, 2.05) is 20.8 Å². The van der Waals surface area contributed by atoms with E-state index in [1.54, 1.807) is 74.5 Å². The van der Waals surface area contributed by atoms with Crippen LogP contribution in [0.3, 0.4) is 0 Å². The van der Waals surface area contributed by atoms with E-state index in [0.29, 0.717) is 11.1 Å². The summed E-state index contributed by atoms with van der Waals surface area (Å²) >= 11 is 0. The summed E-state index contributed by atoms with van der Waals surface area (Å²) < 4.78 is 0. The van der Waals surface area contributed by atoms with Crippen molar-refractivity contribution in [1.29, 1.82) is 0 Å². The quantitative estimate of drug-likeness (QED) is 0.608. The number of carboxylic acid groups (broad SMARTS) is 2. The van der Waals surface area contributed by atoms with Crippen LogP contribution in [0, 0.1) is 11.3 Å². The fourth-order valence-electron chi connectivity index (χ4n) is 3.01. The lowest BCUT2D eigenvalue weighted by Gasteiger charge is -2.35. The normalized spacial score (nSPS) is 13.5. The maximum atomic E-state index is 10.2. The second-order valence-corrected chi connectivity index (χ2v) is 7.72. The summed E-state index contributed by atoms with van der Waals surface area (Å²) in [5.74, 6) is -1.81. The molecule has 0 aliphatic rings. The molecule has 160 valence electrons. The Labute approximate surface area is 172 Å². The molecule has 0 spiro atoms. The van der Waals surface area contributed by atoms with Gasteiger partial charge in [0.05, 0.1) is 23.3 Å². The van der Waals surface area contributed by atoms with Gasteiger partial charge in [0.15, 0.2) is 0 Å². The molecule has 0 heterocycles. The van der Waals surface area contributed by atoms with Crippen molar-refractivity contribution in [3.05, 3.63) is 71.8 Å². The first-order chi connectivity index (χ1) is 13.4. The number of hydrogen-bond acceptors (Lipinski definition) is 4. The van der Waals surface area contributed by atoms with E-state index in [9.17, 15) is 19.8 Å². The molecule has 6 heteroatoms. The zero-order valence-electron chi connectivity index (χ0n) is 17.6. The minimum Gasteiger partial charge on any atom is -0.478 e. The lowest BCUT2D eigenvalue weighted by molar-refractivity contribution is -0.0269. The molecule has 0 saturated heterocycles. The van der Waals surface area contributed by atoms with Crippen LogP contribution in [0.2, 0.25) is 0 Å². The predicted molar refractivity (Wildman–Crippen MR) is 113 cm³/mol. The highest BCUT2D eigenvalue weighted by Gasteiger charge is 2.32. The van der Waals surface area contributed by atoms with E-state index < -0.39 is 24.1 Å². The lowest BCUT2D eigenvalue weighted by atomic mass is 9.75. The van der Waals surface area contributed by atoms with Crippen molar-refractivity contribution < 1.29 is 30.0 Å². The monoisotopic (exact) mass is 404 g/mol. The summed E-state index contributed by atoms with van der Waals surface area (Å²) in [6.45, 7) is 9.52. The first kappa shape index (κ1) is 26.3. The van der Waals surface area contributed by atoms with Gasteiger partial charge in [0.25, 0.3) is 0 Å². The maximum absolute atomic E-state index is 10.2. The summed E-state index contributed by atoms with van der Waals surface area (Å²) in [6.07, 6.45) is -0.898. The molecule has 0 amide bonds. The SMILES string of the molecule is CC(O)C(C(C)O)C(C)(C)C.O=C(O)c1ccccc1.O=C(O)c1ccccc1. The van der Waals surface area contributed by atoms with Crippen molar-refractivity contribution in [2.75, 3.05) is 0 Å². The number of aliphatic hydroxyl groups excluding tert-OH is 2. The zero-order chi connectivity index (χ0) is 22.6. The van der Waals surface area contributed by atoms with Crippen molar-refractivity contribution in [3.8, 4) is 0 Å². The Morgan fingerprint density at radius 1 is 0.690 bits per heavy atom. The molecule has 2 atom stereocenters. The van der Waals surface area contributed by atoms with Gasteiger partial charge in [0.1, 0.15) is 0 Å². The molecule has 2 rings (SSSR count). The first-order valence-corrected chi connectivity index (χ1v) is 9.30. The smallest absolute Gasteiger partial charge is 0.335 e. The van der Waals surface area contributed by atoms with E-state index in [4.69, 9.17) is 10.2 Å². The van der Waals surface area contributed by atoms with E-state index >= 15 is 0 Å². The number of carbonyl (C=O) groups is 2. The van der Waals surface area contributed by atoms with Crippen molar-refractivity contribution in [2.45, 2.75) is 46.8 Å². The van der Waals surface area contributed by atoms with E-state index in [1.165, 1.54) is 0 Å².